The van der Waals surface area contributed by atoms with Gasteiger partial charge in [-0.1, -0.05) is 36.4 Å². The highest BCUT2D eigenvalue weighted by Gasteiger charge is 2.45. The van der Waals surface area contributed by atoms with Crippen LogP contribution in [-0.4, -0.2) is 38.9 Å². The predicted molar refractivity (Wildman–Crippen MR) is 102 cm³/mol. The Kier molecular flexibility index (Phi) is 4.77. The van der Waals surface area contributed by atoms with Gasteiger partial charge in [-0.2, -0.15) is 0 Å². The third kappa shape index (κ3) is 3.20. The van der Waals surface area contributed by atoms with E-state index in [1.54, 1.807) is 19.9 Å². The highest BCUT2D eigenvalue weighted by Crippen LogP contribution is 2.39. The molecule has 2 amide bonds. The van der Waals surface area contributed by atoms with Crippen LogP contribution in [0, 0.1) is 0 Å². The smallest absolute Gasteiger partial charge is 0.321 e. The zero-order valence-corrected chi connectivity index (χ0v) is 15.3. The molecule has 2 atom stereocenters. The number of amides is 2. The largest absolute Gasteiger partial charge is 0.480 e. The number of fused-ring (bicyclic) bond motifs is 1. The summed E-state index contributed by atoms with van der Waals surface area (Å²) in [6.45, 7) is 3.35. The molecule has 1 aliphatic heterocycles. The van der Waals surface area contributed by atoms with E-state index in [0.29, 0.717) is 5.69 Å². The number of nitrogens with two attached hydrogens (primary N) is 1. The Morgan fingerprint density at radius 1 is 1.23 bits per heavy atom. The number of aliphatic carboxylic acids is 1. The van der Waals surface area contributed by atoms with E-state index in [9.17, 15) is 14.4 Å². The molecule has 0 bridgehead atoms. The van der Waals surface area contributed by atoms with E-state index in [1.807, 2.05) is 36.4 Å². The van der Waals surface area contributed by atoms with Crippen molar-refractivity contribution in [2.24, 2.45) is 5.73 Å². The molecule has 0 aromatic heterocycles. The van der Waals surface area contributed by atoms with Gasteiger partial charge in [0.1, 0.15) is 6.04 Å². The molecule has 6 nitrogen and oxygen atoms in total. The Morgan fingerprint density at radius 3 is 2.58 bits per heavy atom. The number of thioether (sulfide) groups is 1. The zero-order valence-electron chi connectivity index (χ0n) is 14.5. The summed E-state index contributed by atoms with van der Waals surface area (Å²) in [4.78, 5) is 37.9. The summed E-state index contributed by atoms with van der Waals surface area (Å²) in [6.07, 6.45) is 0.0302. The van der Waals surface area contributed by atoms with Crippen molar-refractivity contribution < 1.29 is 19.5 Å². The number of carbonyl (C=O) groups excluding carboxylic acids is 2. The van der Waals surface area contributed by atoms with Gasteiger partial charge in [0.25, 0.3) is 0 Å². The minimum atomic E-state index is -1.14. The van der Waals surface area contributed by atoms with Gasteiger partial charge in [0.2, 0.25) is 11.8 Å². The second-order valence-electron chi connectivity index (χ2n) is 6.80. The number of nitrogens with zero attached hydrogens (tertiary/aromatic N) is 1. The molecule has 0 saturated carbocycles. The number of hydrogen-bond acceptors (Lipinski definition) is 5. The first kappa shape index (κ1) is 18.4. The van der Waals surface area contributed by atoms with Crippen molar-refractivity contribution in [2.75, 3.05) is 4.90 Å². The van der Waals surface area contributed by atoms with Gasteiger partial charge in [-0.15, -0.1) is 11.8 Å². The second-order valence-corrected chi connectivity index (χ2v) is 8.65. The van der Waals surface area contributed by atoms with Gasteiger partial charge in [-0.3, -0.25) is 14.4 Å². The highest BCUT2D eigenvalue weighted by atomic mass is 32.2. The molecule has 3 rings (SSSR count). The summed E-state index contributed by atoms with van der Waals surface area (Å²) in [7, 11) is 0. The third-order valence-electron chi connectivity index (χ3n) is 4.57. The molecule has 0 unspecified atom stereocenters. The number of carbonyl (C=O) groups is 3. The van der Waals surface area contributed by atoms with Crippen LogP contribution in [0.1, 0.15) is 20.3 Å². The van der Waals surface area contributed by atoms with Crippen LogP contribution in [0.5, 0.6) is 0 Å². The van der Waals surface area contributed by atoms with Crippen molar-refractivity contribution in [1.82, 2.24) is 0 Å². The Morgan fingerprint density at radius 2 is 1.88 bits per heavy atom. The molecule has 7 heteroatoms. The van der Waals surface area contributed by atoms with Crippen LogP contribution < -0.4 is 10.6 Å². The monoisotopic (exact) mass is 372 g/mol. The van der Waals surface area contributed by atoms with E-state index in [4.69, 9.17) is 10.8 Å². The minimum absolute atomic E-state index is 0.0302. The summed E-state index contributed by atoms with van der Waals surface area (Å²) in [5, 5.41) is 10.3. The normalized spacial score (nSPS) is 19.2. The van der Waals surface area contributed by atoms with Crippen LogP contribution in [0.4, 0.5) is 5.69 Å². The van der Waals surface area contributed by atoms with Gasteiger partial charge in [-0.05, 0) is 25.3 Å². The Balaban J connectivity index is 1.91. The third-order valence-corrected chi connectivity index (χ3v) is 6.09. The van der Waals surface area contributed by atoms with E-state index in [2.05, 4.69) is 0 Å². The van der Waals surface area contributed by atoms with Crippen molar-refractivity contribution in [3.63, 3.8) is 0 Å². The predicted octanol–water partition coefficient (Wildman–Crippen LogP) is 2.40. The quantitative estimate of drug-likeness (QED) is 0.782. The van der Waals surface area contributed by atoms with Crippen LogP contribution in [-0.2, 0) is 14.4 Å². The van der Waals surface area contributed by atoms with Crippen LogP contribution >= 0.6 is 11.8 Å². The number of carboxylic acid groups (broad SMARTS) is 1. The summed E-state index contributed by atoms with van der Waals surface area (Å²) >= 11 is 1.14. The number of benzene rings is 2. The molecule has 2 aromatic rings. The van der Waals surface area contributed by atoms with Crippen LogP contribution in [0.25, 0.3) is 10.8 Å². The van der Waals surface area contributed by atoms with Gasteiger partial charge in [0.15, 0.2) is 0 Å². The van der Waals surface area contributed by atoms with E-state index in [0.717, 1.165) is 22.5 Å². The number of imide groups is 1. The Bertz CT molecular complexity index is 891. The van der Waals surface area contributed by atoms with E-state index in [-0.39, 0.29) is 18.2 Å². The summed E-state index contributed by atoms with van der Waals surface area (Å²) in [6, 6.07) is 11.9. The van der Waals surface area contributed by atoms with Gasteiger partial charge in [0, 0.05) is 16.6 Å². The van der Waals surface area contributed by atoms with Gasteiger partial charge < -0.3 is 10.8 Å². The molecule has 136 valence electrons. The van der Waals surface area contributed by atoms with Crippen molar-refractivity contribution in [2.45, 2.75) is 36.3 Å². The second kappa shape index (κ2) is 6.74. The molecular formula is C19H20N2O4S. The fourth-order valence-corrected chi connectivity index (χ4v) is 4.50. The molecule has 0 radical (unpaired) electrons. The highest BCUT2D eigenvalue weighted by molar-refractivity contribution is 8.02. The molecule has 1 fully saturated rings. The fourth-order valence-electron chi connectivity index (χ4n) is 3.09. The number of rotatable bonds is 5. The van der Waals surface area contributed by atoms with Crippen molar-refractivity contribution in [3.05, 3.63) is 42.5 Å². The molecule has 1 saturated heterocycles. The average Bonchev–Trinajstić information content (AvgIpc) is 2.86. The lowest BCUT2D eigenvalue weighted by Crippen LogP contribution is -2.48. The fraction of sp³-hybridized carbons (Fsp3) is 0.316. The number of hydrogen-bond donors (Lipinski definition) is 2. The standard InChI is InChI=1S/C19H20N2O4S/c1-19(2,16(20)18(24)25)26-14-10-15(22)21(17(14)23)13-9-5-7-11-6-3-4-8-12(11)13/h3-9,14,16H,10,20H2,1-2H3,(H,24,25)/t14-,16-/m0/s1. The molecule has 26 heavy (non-hydrogen) atoms. The van der Waals surface area contributed by atoms with E-state index < -0.39 is 22.0 Å². The average molecular weight is 372 g/mol. The van der Waals surface area contributed by atoms with E-state index >= 15 is 0 Å². The Hall–Kier alpha value is -2.38. The maximum absolute atomic E-state index is 12.9. The van der Waals surface area contributed by atoms with Gasteiger partial charge in [0.05, 0.1) is 10.9 Å². The first-order chi connectivity index (χ1) is 12.2. The molecule has 2 aromatic carbocycles. The van der Waals surface area contributed by atoms with Crippen LogP contribution in [0.3, 0.4) is 0 Å². The molecule has 0 aliphatic carbocycles. The lowest BCUT2D eigenvalue weighted by molar-refractivity contribution is -0.139. The summed E-state index contributed by atoms with van der Waals surface area (Å²) in [5.41, 5.74) is 6.30. The lowest BCUT2D eigenvalue weighted by atomic mass is 10.1. The molecule has 0 spiro atoms. The molecule has 3 N–H and O–H groups in total. The zero-order chi connectivity index (χ0) is 19.1. The maximum atomic E-state index is 12.9. The van der Waals surface area contributed by atoms with Crippen molar-refractivity contribution >= 4 is 46.0 Å². The van der Waals surface area contributed by atoms with E-state index in [1.165, 1.54) is 4.90 Å². The molecule has 1 aliphatic rings. The maximum Gasteiger partial charge on any atom is 0.321 e. The lowest BCUT2D eigenvalue weighted by Gasteiger charge is -2.30. The first-order valence-electron chi connectivity index (χ1n) is 8.23. The molecule has 1 heterocycles. The van der Waals surface area contributed by atoms with Crippen molar-refractivity contribution in [3.8, 4) is 0 Å². The summed E-state index contributed by atoms with van der Waals surface area (Å²) < 4.78 is -0.888. The Labute approximate surface area is 155 Å². The first-order valence-corrected chi connectivity index (χ1v) is 9.11. The summed E-state index contributed by atoms with van der Waals surface area (Å²) in [5.74, 6) is -1.75. The number of carboxylic acids is 1. The van der Waals surface area contributed by atoms with Gasteiger partial charge >= 0.3 is 5.97 Å². The van der Waals surface area contributed by atoms with Crippen LogP contribution in [0.2, 0.25) is 0 Å². The minimum Gasteiger partial charge on any atom is -0.480 e. The number of anilines is 1. The van der Waals surface area contributed by atoms with Crippen molar-refractivity contribution in [1.29, 1.82) is 0 Å². The van der Waals surface area contributed by atoms with Gasteiger partial charge in [-0.25, -0.2) is 4.90 Å². The van der Waals surface area contributed by atoms with Crippen LogP contribution in [0.15, 0.2) is 42.5 Å². The molecular weight excluding hydrogens is 352 g/mol. The SMILES string of the molecule is CC(C)(S[C@H]1CC(=O)N(c2cccc3ccccc23)C1=O)[C@@H](N)C(=O)O. The topological polar surface area (TPSA) is 101 Å².